The quantitative estimate of drug-likeness (QED) is 0.579. The lowest BCUT2D eigenvalue weighted by molar-refractivity contribution is 0.416. The third kappa shape index (κ3) is 3.26. The first-order valence-electron chi connectivity index (χ1n) is 6.51. The number of anilines is 1. The van der Waals surface area contributed by atoms with Crippen LogP contribution in [0.2, 0.25) is 0 Å². The molecule has 0 spiro atoms. The molecule has 7 heteroatoms. The van der Waals surface area contributed by atoms with Gasteiger partial charge in [0.05, 0.1) is 25.2 Å². The molecule has 0 saturated heterocycles. The Bertz CT molecular complexity index is 773. The number of para-hydroxylation sites is 1. The van der Waals surface area contributed by atoms with Crippen LogP contribution >= 0.6 is 11.3 Å². The van der Waals surface area contributed by atoms with E-state index in [0.29, 0.717) is 11.6 Å². The van der Waals surface area contributed by atoms with E-state index in [1.165, 1.54) is 0 Å². The average molecular weight is 311 g/mol. The Morgan fingerprint density at radius 1 is 1.27 bits per heavy atom. The van der Waals surface area contributed by atoms with E-state index in [9.17, 15) is 0 Å². The molecule has 3 aromatic rings. The van der Waals surface area contributed by atoms with Crippen LogP contribution in [0.4, 0.5) is 5.95 Å². The van der Waals surface area contributed by atoms with Crippen molar-refractivity contribution in [2.24, 2.45) is 5.10 Å². The highest BCUT2D eigenvalue weighted by molar-refractivity contribution is 7.08. The molecule has 22 heavy (non-hydrogen) atoms. The molecule has 0 aliphatic carbocycles. The van der Waals surface area contributed by atoms with Crippen LogP contribution in [0.1, 0.15) is 5.56 Å². The molecule has 110 valence electrons. The number of hydrogen-bond donors (Lipinski definition) is 1. The lowest BCUT2D eigenvalue weighted by Gasteiger charge is -2.07. The molecular weight excluding hydrogens is 298 g/mol. The normalized spacial score (nSPS) is 10.8. The number of ether oxygens (including phenoxy) is 1. The van der Waals surface area contributed by atoms with Crippen LogP contribution in [0.15, 0.2) is 52.4 Å². The van der Waals surface area contributed by atoms with Crippen molar-refractivity contribution < 1.29 is 4.74 Å². The Kier molecular flexibility index (Phi) is 4.35. The van der Waals surface area contributed by atoms with Gasteiger partial charge in [0.1, 0.15) is 5.75 Å². The van der Waals surface area contributed by atoms with Crippen LogP contribution in [0.25, 0.3) is 11.3 Å². The fraction of sp³-hybridized carbons (Fsp3) is 0.0667. The van der Waals surface area contributed by atoms with Gasteiger partial charge in [0.15, 0.2) is 0 Å². The lowest BCUT2D eigenvalue weighted by atomic mass is 10.1. The van der Waals surface area contributed by atoms with Gasteiger partial charge in [-0.2, -0.15) is 21.5 Å². The number of thiophene rings is 1. The number of hydrogen-bond acceptors (Lipinski definition) is 7. The van der Waals surface area contributed by atoms with E-state index in [-0.39, 0.29) is 0 Å². The molecule has 0 amide bonds. The zero-order valence-electron chi connectivity index (χ0n) is 11.8. The van der Waals surface area contributed by atoms with Crippen molar-refractivity contribution in [3.05, 3.63) is 52.9 Å². The molecular formula is C15H13N5OS. The predicted octanol–water partition coefficient (Wildman–Crippen LogP) is 3.05. The van der Waals surface area contributed by atoms with Gasteiger partial charge in [-0.3, -0.25) is 0 Å². The maximum atomic E-state index is 5.33. The first-order chi connectivity index (χ1) is 10.9. The fourth-order valence-electron chi connectivity index (χ4n) is 1.85. The van der Waals surface area contributed by atoms with Gasteiger partial charge in [-0.25, -0.2) is 10.4 Å². The van der Waals surface area contributed by atoms with Crippen LogP contribution in [0, 0.1) is 0 Å². The lowest BCUT2D eigenvalue weighted by Crippen LogP contribution is -2.00. The maximum absolute atomic E-state index is 5.33. The topological polar surface area (TPSA) is 72.3 Å². The van der Waals surface area contributed by atoms with Crippen molar-refractivity contribution >= 4 is 23.5 Å². The van der Waals surface area contributed by atoms with Crippen molar-refractivity contribution in [2.75, 3.05) is 12.5 Å². The molecule has 2 heterocycles. The molecule has 0 radical (unpaired) electrons. The number of hydrazone groups is 1. The van der Waals surface area contributed by atoms with Crippen LogP contribution in [0.5, 0.6) is 5.75 Å². The van der Waals surface area contributed by atoms with Crippen molar-refractivity contribution in [3.63, 3.8) is 0 Å². The summed E-state index contributed by atoms with van der Waals surface area (Å²) in [6.07, 6.45) is 3.29. The molecule has 2 aromatic heterocycles. The Morgan fingerprint density at radius 2 is 2.18 bits per heavy atom. The van der Waals surface area contributed by atoms with Gasteiger partial charge >= 0.3 is 0 Å². The average Bonchev–Trinajstić information content (AvgIpc) is 3.08. The molecule has 3 rings (SSSR count). The first kappa shape index (κ1) is 14.2. The van der Waals surface area contributed by atoms with E-state index in [0.717, 1.165) is 16.9 Å². The summed E-state index contributed by atoms with van der Waals surface area (Å²) in [5, 5.41) is 15.9. The van der Waals surface area contributed by atoms with E-state index >= 15 is 0 Å². The standard InChI is InChI=1S/C15H13N5OS/c1-21-14-5-3-2-4-12(14)13-9-17-20-15(18-13)19-16-8-11-6-7-22-10-11/h2-10H,1H3,(H,18,19,20). The zero-order valence-corrected chi connectivity index (χ0v) is 12.6. The van der Waals surface area contributed by atoms with Crippen molar-refractivity contribution in [1.82, 2.24) is 15.2 Å². The molecule has 0 bridgehead atoms. The Hall–Kier alpha value is -2.80. The van der Waals surface area contributed by atoms with E-state index < -0.39 is 0 Å². The maximum Gasteiger partial charge on any atom is 0.263 e. The van der Waals surface area contributed by atoms with Crippen LogP contribution in [-0.4, -0.2) is 28.5 Å². The van der Waals surface area contributed by atoms with Crippen molar-refractivity contribution in [3.8, 4) is 17.0 Å². The van der Waals surface area contributed by atoms with Gasteiger partial charge in [-0.05, 0) is 29.0 Å². The van der Waals surface area contributed by atoms with Crippen molar-refractivity contribution in [2.45, 2.75) is 0 Å². The number of nitrogens with one attached hydrogen (secondary N) is 1. The third-order valence-corrected chi connectivity index (χ3v) is 3.56. The minimum absolute atomic E-state index is 0.329. The van der Waals surface area contributed by atoms with Crippen LogP contribution in [-0.2, 0) is 0 Å². The van der Waals surface area contributed by atoms with Crippen LogP contribution in [0.3, 0.4) is 0 Å². The summed E-state index contributed by atoms with van der Waals surface area (Å²) in [6.45, 7) is 0. The Morgan fingerprint density at radius 3 is 3.00 bits per heavy atom. The fourth-order valence-corrected chi connectivity index (χ4v) is 2.46. The zero-order chi connectivity index (χ0) is 15.2. The summed E-state index contributed by atoms with van der Waals surface area (Å²) in [5.74, 6) is 1.06. The van der Waals surface area contributed by atoms with E-state index in [2.05, 4.69) is 25.7 Å². The first-order valence-corrected chi connectivity index (χ1v) is 7.45. The van der Waals surface area contributed by atoms with Gasteiger partial charge in [0.2, 0.25) is 0 Å². The van der Waals surface area contributed by atoms with Gasteiger partial charge in [-0.1, -0.05) is 12.1 Å². The Balaban J connectivity index is 1.80. The highest BCUT2D eigenvalue weighted by atomic mass is 32.1. The number of methoxy groups -OCH3 is 1. The second-order valence-corrected chi connectivity index (χ2v) is 5.07. The van der Waals surface area contributed by atoms with Crippen LogP contribution < -0.4 is 10.2 Å². The molecule has 1 N–H and O–H groups in total. The molecule has 0 saturated carbocycles. The predicted molar refractivity (Wildman–Crippen MR) is 87.4 cm³/mol. The number of aromatic nitrogens is 3. The summed E-state index contributed by atoms with van der Waals surface area (Å²) < 4.78 is 5.33. The minimum atomic E-state index is 0.329. The number of nitrogens with zero attached hydrogens (tertiary/aromatic N) is 4. The number of rotatable bonds is 5. The summed E-state index contributed by atoms with van der Waals surface area (Å²) in [4.78, 5) is 4.39. The van der Waals surface area contributed by atoms with E-state index in [1.54, 1.807) is 30.9 Å². The molecule has 0 atom stereocenters. The monoisotopic (exact) mass is 311 g/mol. The SMILES string of the molecule is COc1ccccc1-c1cnnc(NN=Cc2ccsc2)n1. The van der Waals surface area contributed by atoms with E-state index in [1.807, 2.05) is 41.1 Å². The molecule has 6 nitrogen and oxygen atoms in total. The summed E-state index contributed by atoms with van der Waals surface area (Å²) in [5.41, 5.74) is 5.32. The molecule has 1 aromatic carbocycles. The van der Waals surface area contributed by atoms with Crippen molar-refractivity contribution in [1.29, 1.82) is 0 Å². The highest BCUT2D eigenvalue weighted by Gasteiger charge is 2.08. The third-order valence-electron chi connectivity index (χ3n) is 2.86. The molecule has 0 unspecified atom stereocenters. The second kappa shape index (κ2) is 6.77. The molecule has 0 aliphatic rings. The number of benzene rings is 1. The summed E-state index contributed by atoms with van der Waals surface area (Å²) >= 11 is 1.61. The van der Waals surface area contributed by atoms with Gasteiger partial charge < -0.3 is 4.74 Å². The smallest absolute Gasteiger partial charge is 0.263 e. The minimum Gasteiger partial charge on any atom is -0.496 e. The van der Waals surface area contributed by atoms with Gasteiger partial charge in [0.25, 0.3) is 5.95 Å². The summed E-state index contributed by atoms with van der Waals surface area (Å²) in [7, 11) is 1.62. The molecule has 0 aliphatic heterocycles. The highest BCUT2D eigenvalue weighted by Crippen LogP contribution is 2.27. The van der Waals surface area contributed by atoms with Gasteiger partial charge in [0, 0.05) is 11.1 Å². The molecule has 0 fully saturated rings. The summed E-state index contributed by atoms with van der Waals surface area (Å²) in [6, 6.07) is 9.59. The Labute approximate surface area is 131 Å². The van der Waals surface area contributed by atoms with Gasteiger partial charge in [-0.15, -0.1) is 5.10 Å². The largest absolute Gasteiger partial charge is 0.496 e. The second-order valence-electron chi connectivity index (χ2n) is 4.29. The van der Waals surface area contributed by atoms with E-state index in [4.69, 9.17) is 4.74 Å².